The van der Waals surface area contributed by atoms with E-state index >= 15 is 0 Å². The van der Waals surface area contributed by atoms with Crippen molar-refractivity contribution in [3.05, 3.63) is 11.9 Å². The summed E-state index contributed by atoms with van der Waals surface area (Å²) in [5.41, 5.74) is 0.930. The van der Waals surface area contributed by atoms with E-state index in [1.165, 1.54) is 6.26 Å². The first kappa shape index (κ1) is 16.4. The van der Waals surface area contributed by atoms with Crippen molar-refractivity contribution in [1.82, 2.24) is 24.6 Å². The Bertz CT molecular complexity index is 543. The molecular formula is C13H25N5O2S. The van der Waals surface area contributed by atoms with Gasteiger partial charge in [0.2, 0.25) is 10.0 Å². The summed E-state index contributed by atoms with van der Waals surface area (Å²) < 4.78 is 26.6. The first-order valence-corrected chi connectivity index (χ1v) is 9.38. The fourth-order valence-corrected chi connectivity index (χ4v) is 3.59. The molecule has 1 aliphatic heterocycles. The van der Waals surface area contributed by atoms with Crippen LogP contribution in [0.1, 0.15) is 31.9 Å². The molecule has 2 rings (SSSR count). The average molecular weight is 315 g/mol. The number of piperidine rings is 1. The lowest BCUT2D eigenvalue weighted by Crippen LogP contribution is -2.40. The molecule has 1 aromatic heterocycles. The number of rotatable bonds is 7. The highest BCUT2D eigenvalue weighted by atomic mass is 32.2. The SMILES string of the molecule is CCCNCc1cn(CC2CCCN(S(C)(=O)=O)C2)nn1. The molecule has 0 saturated carbocycles. The minimum absolute atomic E-state index is 0.312. The van der Waals surface area contributed by atoms with Crippen molar-refractivity contribution in [1.29, 1.82) is 0 Å². The van der Waals surface area contributed by atoms with Crippen molar-refractivity contribution >= 4 is 10.0 Å². The van der Waals surface area contributed by atoms with Gasteiger partial charge in [-0.3, -0.25) is 4.68 Å². The third kappa shape index (κ3) is 5.05. The van der Waals surface area contributed by atoms with E-state index in [1.54, 1.807) is 4.31 Å². The highest BCUT2D eigenvalue weighted by molar-refractivity contribution is 7.88. The van der Waals surface area contributed by atoms with Crippen molar-refractivity contribution in [2.24, 2.45) is 5.92 Å². The van der Waals surface area contributed by atoms with Crippen LogP contribution in [0.2, 0.25) is 0 Å². The van der Waals surface area contributed by atoms with Crippen LogP contribution in [-0.2, 0) is 23.1 Å². The molecule has 0 radical (unpaired) electrons. The van der Waals surface area contributed by atoms with Crippen molar-refractivity contribution in [3.8, 4) is 0 Å². The molecule has 120 valence electrons. The minimum Gasteiger partial charge on any atom is -0.311 e. The van der Waals surface area contributed by atoms with Crippen molar-refractivity contribution in [2.45, 2.75) is 39.3 Å². The molecular weight excluding hydrogens is 290 g/mol. The van der Waals surface area contributed by atoms with Crippen LogP contribution < -0.4 is 5.32 Å². The van der Waals surface area contributed by atoms with Crippen LogP contribution in [-0.4, -0.2) is 53.6 Å². The second-order valence-electron chi connectivity index (χ2n) is 5.74. The molecule has 1 N–H and O–H groups in total. The summed E-state index contributed by atoms with van der Waals surface area (Å²) in [4.78, 5) is 0. The van der Waals surface area contributed by atoms with Crippen LogP contribution in [0.15, 0.2) is 6.20 Å². The van der Waals surface area contributed by atoms with Crippen LogP contribution in [0.4, 0.5) is 0 Å². The smallest absolute Gasteiger partial charge is 0.211 e. The van der Waals surface area contributed by atoms with E-state index in [1.807, 2.05) is 10.9 Å². The standard InChI is InChI=1S/C13H25N5O2S/c1-3-6-14-8-13-11-17(16-15-13)9-12-5-4-7-18(10-12)21(2,19)20/h11-12,14H,3-10H2,1-2H3. The normalized spacial score (nSPS) is 20.8. The van der Waals surface area contributed by atoms with Crippen LogP contribution >= 0.6 is 0 Å². The summed E-state index contributed by atoms with van der Waals surface area (Å²) in [6.07, 6.45) is 6.27. The lowest BCUT2D eigenvalue weighted by molar-refractivity contribution is 0.239. The van der Waals surface area contributed by atoms with E-state index in [9.17, 15) is 8.42 Å². The molecule has 0 bridgehead atoms. The molecule has 1 unspecified atom stereocenters. The molecule has 2 heterocycles. The molecule has 1 aromatic rings. The Hall–Kier alpha value is -0.990. The quantitative estimate of drug-likeness (QED) is 0.739. The van der Waals surface area contributed by atoms with Gasteiger partial charge >= 0.3 is 0 Å². The molecule has 0 amide bonds. The highest BCUT2D eigenvalue weighted by Crippen LogP contribution is 2.20. The summed E-state index contributed by atoms with van der Waals surface area (Å²) >= 11 is 0. The van der Waals surface area contributed by atoms with Crippen LogP contribution in [0.25, 0.3) is 0 Å². The van der Waals surface area contributed by atoms with Crippen LogP contribution in [0.3, 0.4) is 0 Å². The van der Waals surface area contributed by atoms with Crippen LogP contribution in [0.5, 0.6) is 0 Å². The summed E-state index contributed by atoms with van der Waals surface area (Å²) in [7, 11) is -3.08. The Morgan fingerprint density at radius 2 is 2.29 bits per heavy atom. The number of hydrogen-bond donors (Lipinski definition) is 1. The number of aromatic nitrogens is 3. The van der Waals surface area contributed by atoms with Gasteiger partial charge in [0.1, 0.15) is 0 Å². The average Bonchev–Trinajstić information content (AvgIpc) is 2.86. The number of hydrogen-bond acceptors (Lipinski definition) is 5. The Morgan fingerprint density at radius 1 is 1.48 bits per heavy atom. The first-order chi connectivity index (χ1) is 9.99. The maximum Gasteiger partial charge on any atom is 0.211 e. The highest BCUT2D eigenvalue weighted by Gasteiger charge is 2.26. The van der Waals surface area contributed by atoms with E-state index in [0.717, 1.165) is 44.6 Å². The van der Waals surface area contributed by atoms with Gasteiger partial charge in [0.25, 0.3) is 0 Å². The van der Waals surface area contributed by atoms with Gasteiger partial charge < -0.3 is 5.32 Å². The predicted octanol–water partition coefficient (Wildman–Crippen LogP) is 0.449. The Balaban J connectivity index is 1.86. The molecule has 1 fully saturated rings. The van der Waals surface area contributed by atoms with Gasteiger partial charge in [-0.25, -0.2) is 12.7 Å². The molecule has 21 heavy (non-hydrogen) atoms. The zero-order chi connectivity index (χ0) is 15.3. The van der Waals surface area contributed by atoms with E-state index in [4.69, 9.17) is 0 Å². The van der Waals surface area contributed by atoms with E-state index in [-0.39, 0.29) is 0 Å². The monoisotopic (exact) mass is 315 g/mol. The maximum absolute atomic E-state index is 11.6. The van der Waals surface area contributed by atoms with E-state index in [0.29, 0.717) is 19.0 Å². The molecule has 1 atom stereocenters. The van der Waals surface area contributed by atoms with Gasteiger partial charge in [-0.2, -0.15) is 0 Å². The fraction of sp³-hybridized carbons (Fsp3) is 0.846. The van der Waals surface area contributed by atoms with Gasteiger partial charge in [-0.05, 0) is 31.7 Å². The summed E-state index contributed by atoms with van der Waals surface area (Å²) in [6.45, 7) is 5.78. The summed E-state index contributed by atoms with van der Waals surface area (Å²) in [6, 6.07) is 0. The van der Waals surface area contributed by atoms with Gasteiger partial charge in [0, 0.05) is 32.4 Å². The second-order valence-corrected chi connectivity index (χ2v) is 7.72. The van der Waals surface area contributed by atoms with Crippen molar-refractivity contribution in [2.75, 3.05) is 25.9 Å². The Morgan fingerprint density at radius 3 is 3.00 bits per heavy atom. The molecule has 8 heteroatoms. The molecule has 0 aromatic carbocycles. The third-order valence-electron chi connectivity index (χ3n) is 3.71. The molecule has 0 spiro atoms. The van der Waals surface area contributed by atoms with Gasteiger partial charge in [-0.1, -0.05) is 12.1 Å². The first-order valence-electron chi connectivity index (χ1n) is 7.54. The molecule has 1 aliphatic rings. The maximum atomic E-state index is 11.6. The Kier molecular flexibility index (Phi) is 5.72. The molecule has 0 aliphatic carbocycles. The topological polar surface area (TPSA) is 80.1 Å². The summed E-state index contributed by atoms with van der Waals surface area (Å²) in [5, 5.41) is 11.6. The van der Waals surface area contributed by atoms with Gasteiger partial charge in [0.15, 0.2) is 0 Å². The predicted molar refractivity (Wildman–Crippen MR) is 81.2 cm³/mol. The van der Waals surface area contributed by atoms with Crippen molar-refractivity contribution < 1.29 is 8.42 Å². The minimum atomic E-state index is -3.08. The molecule has 1 saturated heterocycles. The zero-order valence-corrected chi connectivity index (χ0v) is 13.6. The van der Waals surface area contributed by atoms with Crippen LogP contribution in [0, 0.1) is 5.92 Å². The zero-order valence-electron chi connectivity index (χ0n) is 12.8. The molecule has 7 nitrogen and oxygen atoms in total. The lowest BCUT2D eigenvalue weighted by Gasteiger charge is -2.30. The number of nitrogens with one attached hydrogen (secondary N) is 1. The number of sulfonamides is 1. The second kappa shape index (κ2) is 7.33. The fourth-order valence-electron chi connectivity index (χ4n) is 2.64. The third-order valence-corrected chi connectivity index (χ3v) is 4.98. The van der Waals surface area contributed by atoms with Gasteiger partial charge in [-0.15, -0.1) is 5.10 Å². The Labute approximate surface area is 126 Å². The largest absolute Gasteiger partial charge is 0.311 e. The van der Waals surface area contributed by atoms with Crippen molar-refractivity contribution in [3.63, 3.8) is 0 Å². The lowest BCUT2D eigenvalue weighted by atomic mass is 10.00. The van der Waals surface area contributed by atoms with E-state index < -0.39 is 10.0 Å². The van der Waals surface area contributed by atoms with Gasteiger partial charge in [0.05, 0.1) is 11.9 Å². The summed E-state index contributed by atoms with van der Waals surface area (Å²) in [5.74, 6) is 0.312. The van der Waals surface area contributed by atoms with E-state index in [2.05, 4.69) is 22.6 Å². The number of nitrogens with zero attached hydrogens (tertiary/aromatic N) is 4.